The normalized spacial score (nSPS) is 19.1. The number of ether oxygens (including phenoxy) is 1. The molecule has 2 aliphatic rings. The van der Waals surface area contributed by atoms with Crippen LogP contribution in [0.4, 0.5) is 4.79 Å². The van der Waals surface area contributed by atoms with E-state index < -0.39 is 0 Å². The number of urea groups is 1. The number of hydrogen-bond acceptors (Lipinski definition) is 5. The van der Waals surface area contributed by atoms with Crippen LogP contribution in [0.5, 0.6) is 0 Å². The van der Waals surface area contributed by atoms with E-state index >= 15 is 0 Å². The first-order chi connectivity index (χ1) is 14.2. The molecule has 2 atom stereocenters. The first-order valence-electron chi connectivity index (χ1n) is 11.4. The number of nitrogens with two attached hydrogens (primary N) is 1. The van der Waals surface area contributed by atoms with E-state index in [-0.39, 0.29) is 17.5 Å². The summed E-state index contributed by atoms with van der Waals surface area (Å²) in [6.45, 7) is 15.8. The van der Waals surface area contributed by atoms with Gasteiger partial charge in [-0.1, -0.05) is 41.0 Å². The lowest BCUT2D eigenvalue weighted by molar-refractivity contribution is -0.122. The molecule has 0 aromatic rings. The Morgan fingerprint density at radius 1 is 1.23 bits per heavy atom. The minimum atomic E-state index is -0.267. The van der Waals surface area contributed by atoms with Crippen LogP contribution in [0.2, 0.25) is 0 Å². The minimum absolute atomic E-state index is 0.00491. The predicted molar refractivity (Wildman–Crippen MR) is 130 cm³/mol. The molecule has 2 unspecified atom stereocenters. The molecule has 2 fully saturated rings. The summed E-state index contributed by atoms with van der Waals surface area (Å²) in [6.07, 6.45) is 3.70. The van der Waals surface area contributed by atoms with Crippen molar-refractivity contribution in [1.82, 2.24) is 16.0 Å². The van der Waals surface area contributed by atoms with Gasteiger partial charge in [0.15, 0.2) is 0 Å². The van der Waals surface area contributed by atoms with Gasteiger partial charge in [-0.2, -0.15) is 11.8 Å². The van der Waals surface area contributed by atoms with Crippen molar-refractivity contribution in [2.45, 2.75) is 91.8 Å². The number of carbonyl (C=O) groups is 2. The van der Waals surface area contributed by atoms with Gasteiger partial charge in [-0.25, -0.2) is 4.79 Å². The zero-order chi connectivity index (χ0) is 23.6. The van der Waals surface area contributed by atoms with Crippen molar-refractivity contribution in [3.8, 4) is 0 Å². The second-order valence-corrected chi connectivity index (χ2v) is 9.11. The Kier molecular flexibility index (Phi) is 19.5. The molecule has 0 radical (unpaired) electrons. The number of carbonyl (C=O) groups excluding carboxylic acids is 2. The van der Waals surface area contributed by atoms with Crippen molar-refractivity contribution in [2.24, 2.45) is 11.7 Å². The topological polar surface area (TPSA) is 105 Å². The van der Waals surface area contributed by atoms with E-state index in [1.54, 1.807) is 0 Å². The monoisotopic (exact) mass is 448 g/mol. The fraction of sp³-hybridized carbons (Fsp3) is 0.909. The molecule has 30 heavy (non-hydrogen) atoms. The second kappa shape index (κ2) is 18.8. The third kappa shape index (κ3) is 15.8. The lowest BCUT2D eigenvalue weighted by atomic mass is 10.1. The zero-order valence-electron chi connectivity index (χ0n) is 20.6. The highest BCUT2D eigenvalue weighted by Gasteiger charge is 2.35. The SMILES string of the molecule is CC.CCCCC(=O)NCC(C)(C)OCCC(C)C.CN.O=C1NC2CSCC2N1. The van der Waals surface area contributed by atoms with E-state index in [0.29, 0.717) is 31.0 Å². The molecule has 0 spiro atoms. The van der Waals surface area contributed by atoms with Crippen molar-refractivity contribution in [3.05, 3.63) is 0 Å². The molecule has 2 saturated heterocycles. The standard InChI is InChI=1S/C14H29NO2.C5H8N2OS.C2H6.CH5N/c1-6-7-8-13(16)15-11-14(4,5)17-10-9-12(2)3;8-5-6-3-1-9-2-4(3)7-5;2*1-2/h12H,6-11H2,1-5H3,(H,15,16);3-4H,1-2H2,(H2,6,7,8);1-2H3;2H2,1H3. The van der Waals surface area contributed by atoms with Gasteiger partial charge < -0.3 is 26.4 Å². The molecule has 2 rings (SSSR count). The Bertz CT molecular complexity index is 434. The molecule has 0 aromatic carbocycles. The lowest BCUT2D eigenvalue weighted by Gasteiger charge is -2.26. The first kappa shape index (κ1) is 31.2. The van der Waals surface area contributed by atoms with Crippen molar-refractivity contribution in [2.75, 3.05) is 31.7 Å². The highest BCUT2D eigenvalue weighted by molar-refractivity contribution is 7.99. The summed E-state index contributed by atoms with van der Waals surface area (Å²) >= 11 is 1.89. The van der Waals surface area contributed by atoms with E-state index in [2.05, 4.69) is 42.5 Å². The molecule has 8 heteroatoms. The fourth-order valence-corrected chi connectivity index (χ4v) is 3.85. The maximum atomic E-state index is 11.5. The molecule has 7 nitrogen and oxygen atoms in total. The molecule has 0 aliphatic carbocycles. The van der Waals surface area contributed by atoms with Crippen molar-refractivity contribution < 1.29 is 14.3 Å². The van der Waals surface area contributed by atoms with Crippen molar-refractivity contribution in [3.63, 3.8) is 0 Å². The van der Waals surface area contributed by atoms with Gasteiger partial charge in [-0.3, -0.25) is 4.79 Å². The Morgan fingerprint density at radius 3 is 2.23 bits per heavy atom. The number of thioether (sulfide) groups is 1. The molecular formula is C22H48N4O3S. The van der Waals surface area contributed by atoms with E-state index in [1.165, 1.54) is 7.05 Å². The number of amides is 3. The number of unbranched alkanes of at least 4 members (excludes halogenated alkanes) is 1. The molecule has 2 aliphatic heterocycles. The highest BCUT2D eigenvalue weighted by Crippen LogP contribution is 2.20. The molecule has 0 aromatic heterocycles. The third-order valence-corrected chi connectivity index (χ3v) is 5.56. The van der Waals surface area contributed by atoms with Crippen LogP contribution in [0.15, 0.2) is 0 Å². The number of nitrogens with one attached hydrogen (secondary N) is 3. The number of hydrogen-bond donors (Lipinski definition) is 4. The van der Waals surface area contributed by atoms with Crippen LogP contribution in [-0.4, -0.2) is 61.3 Å². The van der Waals surface area contributed by atoms with E-state index in [1.807, 2.05) is 39.5 Å². The maximum Gasteiger partial charge on any atom is 0.315 e. The van der Waals surface area contributed by atoms with Gasteiger partial charge in [-0.15, -0.1) is 0 Å². The number of fused-ring (bicyclic) bond motifs is 1. The van der Waals surface area contributed by atoms with Crippen LogP contribution in [0.1, 0.15) is 74.1 Å². The van der Waals surface area contributed by atoms with Crippen molar-refractivity contribution >= 4 is 23.7 Å². The Morgan fingerprint density at radius 2 is 1.77 bits per heavy atom. The summed E-state index contributed by atoms with van der Waals surface area (Å²) in [4.78, 5) is 22.1. The van der Waals surface area contributed by atoms with Crippen LogP contribution in [0.25, 0.3) is 0 Å². The predicted octanol–water partition coefficient (Wildman–Crippen LogP) is 3.52. The molecule has 180 valence electrons. The van der Waals surface area contributed by atoms with Gasteiger partial charge in [0.1, 0.15) is 0 Å². The Labute approximate surface area is 189 Å². The average molecular weight is 449 g/mol. The molecule has 3 amide bonds. The van der Waals surface area contributed by atoms with Gasteiger partial charge in [-0.05, 0) is 39.7 Å². The van der Waals surface area contributed by atoms with Crippen LogP contribution >= 0.6 is 11.8 Å². The zero-order valence-corrected chi connectivity index (χ0v) is 21.4. The Hall–Kier alpha value is -0.990. The third-order valence-electron chi connectivity index (χ3n) is 4.37. The minimum Gasteiger partial charge on any atom is -0.374 e. The summed E-state index contributed by atoms with van der Waals surface area (Å²) in [5, 5.41) is 8.62. The van der Waals surface area contributed by atoms with Gasteiger partial charge in [0.05, 0.1) is 17.7 Å². The van der Waals surface area contributed by atoms with Gasteiger partial charge in [0, 0.05) is 31.1 Å². The summed E-state index contributed by atoms with van der Waals surface area (Å²) in [5.74, 6) is 2.93. The highest BCUT2D eigenvalue weighted by atomic mass is 32.2. The summed E-state index contributed by atoms with van der Waals surface area (Å²) < 4.78 is 5.78. The van der Waals surface area contributed by atoms with Gasteiger partial charge in [0.2, 0.25) is 5.91 Å². The van der Waals surface area contributed by atoms with Crippen LogP contribution in [0.3, 0.4) is 0 Å². The fourth-order valence-electron chi connectivity index (χ4n) is 2.58. The van der Waals surface area contributed by atoms with Crippen LogP contribution in [0, 0.1) is 5.92 Å². The summed E-state index contributed by atoms with van der Waals surface area (Å²) in [6, 6.07) is 0.815. The van der Waals surface area contributed by atoms with E-state index in [4.69, 9.17) is 4.74 Å². The van der Waals surface area contributed by atoms with E-state index in [0.717, 1.165) is 37.4 Å². The average Bonchev–Trinajstić information content (AvgIpc) is 3.29. The molecular weight excluding hydrogens is 400 g/mol. The van der Waals surface area contributed by atoms with E-state index in [9.17, 15) is 9.59 Å². The summed E-state index contributed by atoms with van der Waals surface area (Å²) in [7, 11) is 1.50. The molecule has 2 heterocycles. The maximum absolute atomic E-state index is 11.5. The molecule has 5 N–H and O–H groups in total. The first-order valence-corrected chi connectivity index (χ1v) is 12.5. The second-order valence-electron chi connectivity index (χ2n) is 8.04. The number of rotatable bonds is 9. The van der Waals surface area contributed by atoms with Gasteiger partial charge >= 0.3 is 6.03 Å². The van der Waals surface area contributed by atoms with Crippen LogP contribution in [-0.2, 0) is 9.53 Å². The quantitative estimate of drug-likeness (QED) is 0.404. The Balaban J connectivity index is 0. The van der Waals surface area contributed by atoms with Crippen LogP contribution < -0.4 is 21.7 Å². The smallest absolute Gasteiger partial charge is 0.315 e. The largest absolute Gasteiger partial charge is 0.374 e. The lowest BCUT2D eigenvalue weighted by Crippen LogP contribution is -2.40. The summed E-state index contributed by atoms with van der Waals surface area (Å²) in [5.41, 5.74) is 4.23. The van der Waals surface area contributed by atoms with Crippen molar-refractivity contribution in [1.29, 1.82) is 0 Å². The molecule has 0 saturated carbocycles. The molecule has 0 bridgehead atoms. The van der Waals surface area contributed by atoms with Gasteiger partial charge in [0.25, 0.3) is 0 Å².